The Labute approximate surface area is 130 Å². The molecule has 1 saturated heterocycles. The summed E-state index contributed by atoms with van der Waals surface area (Å²) in [5.74, 6) is -0.371. The highest BCUT2D eigenvalue weighted by Crippen LogP contribution is 2.49. The molecular weight excluding hydrogens is 276 g/mol. The largest absolute Gasteiger partial charge is 0.466 e. The fraction of sp³-hybridized carbons (Fsp3) is 0.211. The molecule has 3 heteroatoms. The van der Waals surface area contributed by atoms with Crippen molar-refractivity contribution in [1.82, 2.24) is 0 Å². The molecule has 0 radical (unpaired) electrons. The molecule has 0 bridgehead atoms. The maximum absolute atomic E-state index is 11.4. The zero-order chi connectivity index (χ0) is 15.4. The van der Waals surface area contributed by atoms with Gasteiger partial charge >= 0.3 is 5.97 Å². The molecular formula is C19H18O3. The highest BCUT2D eigenvalue weighted by atomic mass is 16.6. The summed E-state index contributed by atoms with van der Waals surface area (Å²) in [5, 5.41) is 0. The number of hydrogen-bond acceptors (Lipinski definition) is 3. The van der Waals surface area contributed by atoms with Crippen molar-refractivity contribution in [3.63, 3.8) is 0 Å². The highest BCUT2D eigenvalue weighted by molar-refractivity contribution is 5.82. The standard InChI is InChI=1S/C19H18O3/c1-21-18(20)12-13-19(16-10-6-3-7-11-16)17(22-19)14-15-8-4-2-5-9-15/h2-13,17H,14H2,1H3/b13-12+/t17-,19+/m1/s1. The van der Waals surface area contributed by atoms with Crippen LogP contribution in [-0.4, -0.2) is 19.2 Å². The van der Waals surface area contributed by atoms with Crippen LogP contribution in [0.25, 0.3) is 0 Å². The Bertz CT molecular complexity index is 664. The molecule has 112 valence electrons. The average Bonchev–Trinajstić information content (AvgIpc) is 3.28. The van der Waals surface area contributed by atoms with Crippen molar-refractivity contribution in [3.8, 4) is 0 Å². The lowest BCUT2D eigenvalue weighted by molar-refractivity contribution is -0.134. The van der Waals surface area contributed by atoms with Crippen LogP contribution in [0.1, 0.15) is 11.1 Å². The first kappa shape index (κ1) is 14.5. The summed E-state index contributed by atoms with van der Waals surface area (Å²) in [5.41, 5.74) is 1.73. The molecule has 1 fully saturated rings. The molecule has 0 saturated carbocycles. The van der Waals surface area contributed by atoms with Crippen LogP contribution >= 0.6 is 0 Å². The number of methoxy groups -OCH3 is 1. The number of carbonyl (C=O) groups excluding carboxylic acids is 1. The van der Waals surface area contributed by atoms with Gasteiger partial charge in [0.25, 0.3) is 0 Å². The van der Waals surface area contributed by atoms with Gasteiger partial charge in [-0.2, -0.15) is 0 Å². The molecule has 2 aromatic rings. The second kappa shape index (κ2) is 6.16. The van der Waals surface area contributed by atoms with Crippen LogP contribution in [0.5, 0.6) is 0 Å². The maximum Gasteiger partial charge on any atom is 0.330 e. The zero-order valence-electron chi connectivity index (χ0n) is 12.4. The third-order valence-electron chi connectivity index (χ3n) is 3.92. The predicted molar refractivity (Wildman–Crippen MR) is 84.3 cm³/mol. The van der Waals surface area contributed by atoms with Gasteiger partial charge in [-0.25, -0.2) is 4.79 Å². The smallest absolute Gasteiger partial charge is 0.330 e. The normalized spacial score (nSPS) is 23.4. The van der Waals surface area contributed by atoms with E-state index < -0.39 is 5.60 Å². The van der Waals surface area contributed by atoms with E-state index in [2.05, 4.69) is 16.9 Å². The number of rotatable bonds is 5. The Morgan fingerprint density at radius 2 is 1.77 bits per heavy atom. The zero-order valence-corrected chi connectivity index (χ0v) is 12.4. The molecule has 2 aromatic carbocycles. The molecule has 0 spiro atoms. The molecule has 3 nitrogen and oxygen atoms in total. The quantitative estimate of drug-likeness (QED) is 0.483. The highest BCUT2D eigenvalue weighted by Gasteiger charge is 2.55. The van der Waals surface area contributed by atoms with Crippen molar-refractivity contribution in [1.29, 1.82) is 0 Å². The molecule has 0 aromatic heterocycles. The topological polar surface area (TPSA) is 38.8 Å². The van der Waals surface area contributed by atoms with Gasteiger partial charge in [-0.1, -0.05) is 60.7 Å². The van der Waals surface area contributed by atoms with E-state index in [9.17, 15) is 4.79 Å². The summed E-state index contributed by atoms with van der Waals surface area (Å²) in [6.07, 6.45) is 4.08. The van der Waals surface area contributed by atoms with Gasteiger partial charge in [0, 0.05) is 12.5 Å². The lowest BCUT2D eigenvalue weighted by atomic mass is 9.91. The number of hydrogen-bond donors (Lipinski definition) is 0. The van der Waals surface area contributed by atoms with Gasteiger partial charge in [-0.15, -0.1) is 0 Å². The lowest BCUT2D eigenvalue weighted by Crippen LogP contribution is -2.12. The van der Waals surface area contributed by atoms with Crippen LogP contribution in [0.2, 0.25) is 0 Å². The van der Waals surface area contributed by atoms with Crippen LogP contribution in [0.15, 0.2) is 72.8 Å². The molecule has 1 heterocycles. The minimum atomic E-state index is -0.536. The molecule has 0 N–H and O–H groups in total. The number of esters is 1. The first-order chi connectivity index (χ1) is 10.7. The third-order valence-corrected chi connectivity index (χ3v) is 3.92. The van der Waals surface area contributed by atoms with E-state index in [4.69, 9.17) is 4.74 Å². The molecule has 0 amide bonds. The van der Waals surface area contributed by atoms with Gasteiger partial charge < -0.3 is 9.47 Å². The second-order valence-corrected chi connectivity index (χ2v) is 5.31. The summed E-state index contributed by atoms with van der Waals surface area (Å²) in [6, 6.07) is 20.2. The van der Waals surface area contributed by atoms with E-state index >= 15 is 0 Å². The molecule has 3 rings (SSSR count). The minimum Gasteiger partial charge on any atom is -0.466 e. The lowest BCUT2D eigenvalue weighted by Gasteiger charge is -2.08. The number of carbonyl (C=O) groups is 1. The van der Waals surface area contributed by atoms with E-state index in [1.54, 1.807) is 0 Å². The second-order valence-electron chi connectivity index (χ2n) is 5.31. The molecule has 2 atom stereocenters. The van der Waals surface area contributed by atoms with Gasteiger partial charge in [0.1, 0.15) is 11.7 Å². The number of benzene rings is 2. The van der Waals surface area contributed by atoms with Crippen LogP contribution in [-0.2, 0) is 26.3 Å². The SMILES string of the molecule is COC(=O)/C=C/[C@@]1(c2ccccc2)O[C@@H]1Cc1ccccc1. The summed E-state index contributed by atoms with van der Waals surface area (Å²) in [4.78, 5) is 11.4. The van der Waals surface area contributed by atoms with E-state index in [-0.39, 0.29) is 12.1 Å². The van der Waals surface area contributed by atoms with Crippen molar-refractivity contribution in [2.24, 2.45) is 0 Å². The molecule has 0 aliphatic carbocycles. The van der Waals surface area contributed by atoms with Crippen LogP contribution < -0.4 is 0 Å². The number of ether oxygens (including phenoxy) is 2. The number of epoxide rings is 1. The Morgan fingerprint density at radius 1 is 1.14 bits per heavy atom. The van der Waals surface area contributed by atoms with E-state index in [0.29, 0.717) is 0 Å². The van der Waals surface area contributed by atoms with Gasteiger partial charge in [0.05, 0.1) is 7.11 Å². The third kappa shape index (κ3) is 2.95. The fourth-order valence-corrected chi connectivity index (χ4v) is 2.68. The molecule has 0 unspecified atom stereocenters. The van der Waals surface area contributed by atoms with Crippen molar-refractivity contribution in [2.75, 3.05) is 7.11 Å². The van der Waals surface area contributed by atoms with E-state index in [1.165, 1.54) is 18.7 Å². The van der Waals surface area contributed by atoms with Crippen LogP contribution in [0, 0.1) is 0 Å². The monoisotopic (exact) mass is 294 g/mol. The van der Waals surface area contributed by atoms with Gasteiger partial charge in [-0.3, -0.25) is 0 Å². The first-order valence-corrected chi connectivity index (χ1v) is 7.29. The molecule has 1 aliphatic rings. The van der Waals surface area contributed by atoms with Crippen molar-refractivity contribution in [3.05, 3.63) is 83.9 Å². The van der Waals surface area contributed by atoms with Gasteiger partial charge in [-0.05, 0) is 17.2 Å². The Hall–Kier alpha value is -2.39. The summed E-state index contributed by atoms with van der Waals surface area (Å²) >= 11 is 0. The predicted octanol–water partition coefficient (Wildman–Crippen LogP) is 3.25. The first-order valence-electron chi connectivity index (χ1n) is 7.29. The summed E-state index contributed by atoms with van der Waals surface area (Å²) < 4.78 is 10.7. The minimum absolute atomic E-state index is 0.0261. The summed E-state index contributed by atoms with van der Waals surface area (Å²) in [7, 11) is 1.37. The maximum atomic E-state index is 11.4. The Morgan fingerprint density at radius 3 is 2.41 bits per heavy atom. The van der Waals surface area contributed by atoms with Gasteiger partial charge in [0.2, 0.25) is 0 Å². The molecule has 22 heavy (non-hydrogen) atoms. The Kier molecular flexibility index (Phi) is 4.07. The van der Waals surface area contributed by atoms with Crippen LogP contribution in [0.4, 0.5) is 0 Å². The van der Waals surface area contributed by atoms with Crippen molar-refractivity contribution >= 4 is 5.97 Å². The van der Waals surface area contributed by atoms with E-state index in [0.717, 1.165) is 12.0 Å². The summed E-state index contributed by atoms with van der Waals surface area (Å²) in [6.45, 7) is 0. The average molecular weight is 294 g/mol. The van der Waals surface area contributed by atoms with E-state index in [1.807, 2.05) is 54.6 Å². The van der Waals surface area contributed by atoms with Crippen molar-refractivity contribution in [2.45, 2.75) is 18.1 Å². The molecule has 1 aliphatic heterocycles. The van der Waals surface area contributed by atoms with Gasteiger partial charge in [0.15, 0.2) is 0 Å². The fourth-order valence-electron chi connectivity index (χ4n) is 2.68. The van der Waals surface area contributed by atoms with Crippen LogP contribution in [0.3, 0.4) is 0 Å². The van der Waals surface area contributed by atoms with Crippen molar-refractivity contribution < 1.29 is 14.3 Å². The Balaban J connectivity index is 1.84.